The highest BCUT2D eigenvalue weighted by Crippen LogP contribution is 2.63. The van der Waals surface area contributed by atoms with Crippen molar-refractivity contribution < 1.29 is 0 Å². The molecular weight excluding hydrogens is 187 g/mol. The predicted octanol–water partition coefficient (Wildman–Crippen LogP) is 4.79. The molecule has 1 heterocycles. The highest BCUT2D eigenvalue weighted by Gasteiger charge is 2.36. The summed E-state index contributed by atoms with van der Waals surface area (Å²) in [7, 11) is -0.423. The molecule has 0 nitrogen and oxygen atoms in total. The molecule has 1 aliphatic rings. The molecule has 1 aliphatic heterocycles. The van der Waals surface area contributed by atoms with Crippen LogP contribution in [-0.2, 0) is 0 Å². The first-order valence-electron chi connectivity index (χ1n) is 6.68. The minimum Gasteiger partial charge on any atom is -0.0652 e. The van der Waals surface area contributed by atoms with Crippen molar-refractivity contribution in [2.24, 2.45) is 0 Å². The fraction of sp³-hybridized carbons (Fsp3) is 1.00. The number of hydrogen-bond donors (Lipinski definition) is 0. The van der Waals surface area contributed by atoms with E-state index < -0.39 is 7.26 Å². The predicted molar refractivity (Wildman–Crippen MR) is 70.1 cm³/mol. The smallest absolute Gasteiger partial charge is 0.0594 e. The average molecular weight is 215 g/mol. The van der Waals surface area contributed by atoms with Crippen molar-refractivity contribution in [3.63, 3.8) is 0 Å². The van der Waals surface area contributed by atoms with Crippen LogP contribution in [0, 0.1) is 0 Å². The van der Waals surface area contributed by atoms with Crippen LogP contribution in [0.4, 0.5) is 0 Å². The summed E-state index contributed by atoms with van der Waals surface area (Å²) in [4.78, 5) is 0. The normalized spacial score (nSPS) is 21.0. The minimum absolute atomic E-state index is 0.423. The van der Waals surface area contributed by atoms with E-state index in [4.69, 9.17) is 0 Å². The first-order chi connectivity index (χ1) is 6.83. The molecule has 0 radical (unpaired) electrons. The standard InChI is InChI=1S/C13H28P/c1-3-5-10-14(11-6-4-2)12-8-7-9-13-14/h3-13H2,1-2H3/q+1. The van der Waals surface area contributed by atoms with E-state index in [9.17, 15) is 0 Å². The number of rotatable bonds is 6. The average Bonchev–Trinajstić information content (AvgIpc) is 2.25. The lowest BCUT2D eigenvalue weighted by molar-refractivity contribution is 0.729. The van der Waals surface area contributed by atoms with Crippen molar-refractivity contribution in [1.29, 1.82) is 0 Å². The molecule has 1 fully saturated rings. The third-order valence-corrected chi connectivity index (χ3v) is 8.80. The van der Waals surface area contributed by atoms with Gasteiger partial charge in [0.25, 0.3) is 0 Å². The molecule has 0 unspecified atom stereocenters. The lowest BCUT2D eigenvalue weighted by Gasteiger charge is -2.31. The summed E-state index contributed by atoms with van der Waals surface area (Å²) in [5, 5.41) is 0. The van der Waals surface area contributed by atoms with Gasteiger partial charge in [0.05, 0.1) is 24.6 Å². The fourth-order valence-electron chi connectivity index (χ4n) is 2.73. The molecule has 0 aromatic rings. The Balaban J connectivity index is 2.39. The van der Waals surface area contributed by atoms with Crippen LogP contribution in [0.2, 0.25) is 0 Å². The first-order valence-corrected chi connectivity index (χ1v) is 9.21. The van der Waals surface area contributed by atoms with Gasteiger partial charge in [0.2, 0.25) is 0 Å². The Labute approximate surface area is 91.2 Å². The maximum atomic E-state index is 2.35. The van der Waals surface area contributed by atoms with Gasteiger partial charge in [-0.1, -0.05) is 26.7 Å². The minimum atomic E-state index is -0.423. The van der Waals surface area contributed by atoms with Crippen LogP contribution in [0.25, 0.3) is 0 Å². The summed E-state index contributed by atoms with van der Waals surface area (Å²) in [5.41, 5.74) is 0. The Morgan fingerprint density at radius 2 is 1.29 bits per heavy atom. The maximum absolute atomic E-state index is 2.35. The van der Waals surface area contributed by atoms with Crippen LogP contribution < -0.4 is 0 Å². The Hall–Kier alpha value is 0.430. The molecule has 84 valence electrons. The molecule has 1 rings (SSSR count). The first kappa shape index (κ1) is 12.5. The number of unbranched alkanes of at least 4 members (excludes halogenated alkanes) is 2. The summed E-state index contributed by atoms with van der Waals surface area (Å²) >= 11 is 0. The molecule has 0 aromatic carbocycles. The maximum Gasteiger partial charge on any atom is 0.0594 e. The fourth-order valence-corrected chi connectivity index (χ4v) is 7.83. The molecule has 1 saturated heterocycles. The highest BCUT2D eigenvalue weighted by molar-refractivity contribution is 7.75. The lowest BCUT2D eigenvalue weighted by Crippen LogP contribution is -2.16. The van der Waals surface area contributed by atoms with Crippen molar-refractivity contribution >= 4 is 7.26 Å². The lowest BCUT2D eigenvalue weighted by atomic mass is 10.3. The van der Waals surface area contributed by atoms with Crippen molar-refractivity contribution in [2.75, 3.05) is 24.6 Å². The second-order valence-corrected chi connectivity index (χ2v) is 9.48. The molecule has 1 heteroatoms. The number of hydrogen-bond acceptors (Lipinski definition) is 0. The van der Waals surface area contributed by atoms with Gasteiger partial charge in [-0.3, -0.25) is 0 Å². The van der Waals surface area contributed by atoms with E-state index in [1.54, 1.807) is 37.5 Å². The van der Waals surface area contributed by atoms with Gasteiger partial charge < -0.3 is 0 Å². The van der Waals surface area contributed by atoms with Crippen LogP contribution in [0.5, 0.6) is 0 Å². The van der Waals surface area contributed by atoms with Crippen molar-refractivity contribution in [2.45, 2.75) is 58.8 Å². The molecule has 0 atom stereocenters. The van der Waals surface area contributed by atoms with Crippen LogP contribution in [0.1, 0.15) is 58.8 Å². The van der Waals surface area contributed by atoms with E-state index in [0.717, 1.165) is 0 Å². The van der Waals surface area contributed by atoms with Crippen LogP contribution in [0.15, 0.2) is 0 Å². The zero-order valence-electron chi connectivity index (χ0n) is 10.2. The molecule has 0 aliphatic carbocycles. The van der Waals surface area contributed by atoms with Gasteiger partial charge in [0.15, 0.2) is 0 Å². The molecule has 0 aromatic heterocycles. The van der Waals surface area contributed by atoms with Gasteiger partial charge in [-0.25, -0.2) is 0 Å². The largest absolute Gasteiger partial charge is 0.0652 e. The molecule has 0 saturated carbocycles. The monoisotopic (exact) mass is 215 g/mol. The zero-order chi connectivity index (χ0) is 10.3. The van der Waals surface area contributed by atoms with Gasteiger partial charge in [-0.15, -0.1) is 0 Å². The Morgan fingerprint density at radius 1 is 0.786 bits per heavy atom. The summed E-state index contributed by atoms with van der Waals surface area (Å²) in [6.07, 6.45) is 17.0. The summed E-state index contributed by atoms with van der Waals surface area (Å²) in [6.45, 7) is 4.69. The zero-order valence-corrected chi connectivity index (χ0v) is 11.1. The van der Waals surface area contributed by atoms with Gasteiger partial charge in [0.1, 0.15) is 0 Å². The molecule has 0 amide bonds. The van der Waals surface area contributed by atoms with E-state index in [1.807, 2.05) is 0 Å². The Morgan fingerprint density at radius 3 is 1.71 bits per heavy atom. The van der Waals surface area contributed by atoms with Crippen LogP contribution >= 0.6 is 7.26 Å². The Bertz CT molecular complexity index is 126. The third-order valence-electron chi connectivity index (χ3n) is 3.74. The van der Waals surface area contributed by atoms with E-state index >= 15 is 0 Å². The van der Waals surface area contributed by atoms with Crippen LogP contribution in [-0.4, -0.2) is 24.6 Å². The van der Waals surface area contributed by atoms with Gasteiger partial charge >= 0.3 is 0 Å². The second kappa shape index (κ2) is 6.83. The summed E-state index contributed by atoms with van der Waals surface area (Å²) in [6, 6.07) is 0. The van der Waals surface area contributed by atoms with E-state index in [-0.39, 0.29) is 0 Å². The van der Waals surface area contributed by atoms with Gasteiger partial charge in [-0.2, -0.15) is 0 Å². The molecule has 0 N–H and O–H groups in total. The molecule has 14 heavy (non-hydrogen) atoms. The van der Waals surface area contributed by atoms with Crippen molar-refractivity contribution in [3.8, 4) is 0 Å². The van der Waals surface area contributed by atoms with Gasteiger partial charge in [0, 0.05) is 7.26 Å². The van der Waals surface area contributed by atoms with E-state index in [0.29, 0.717) is 0 Å². The summed E-state index contributed by atoms with van der Waals surface area (Å²) in [5.74, 6) is 0. The van der Waals surface area contributed by atoms with E-state index in [1.165, 1.54) is 32.1 Å². The Kier molecular flexibility index (Phi) is 6.10. The SMILES string of the molecule is CCCC[P+]1(CCCC)CCCCC1. The quantitative estimate of drug-likeness (QED) is 0.559. The summed E-state index contributed by atoms with van der Waals surface area (Å²) < 4.78 is 0. The van der Waals surface area contributed by atoms with Gasteiger partial charge in [-0.05, 0) is 32.1 Å². The molecule has 0 spiro atoms. The second-order valence-electron chi connectivity index (χ2n) is 5.00. The van der Waals surface area contributed by atoms with Crippen molar-refractivity contribution in [1.82, 2.24) is 0 Å². The molecule has 0 bridgehead atoms. The molecular formula is C13H28P+. The van der Waals surface area contributed by atoms with E-state index in [2.05, 4.69) is 13.8 Å². The van der Waals surface area contributed by atoms with Crippen LogP contribution in [0.3, 0.4) is 0 Å². The van der Waals surface area contributed by atoms with Crippen molar-refractivity contribution in [3.05, 3.63) is 0 Å². The topological polar surface area (TPSA) is 0 Å². The third kappa shape index (κ3) is 3.89. The highest BCUT2D eigenvalue weighted by atomic mass is 31.2.